The molecule has 0 aliphatic heterocycles. The number of esters is 1. The zero-order chi connectivity index (χ0) is 14.0. The van der Waals surface area contributed by atoms with E-state index < -0.39 is 17.6 Å². The van der Waals surface area contributed by atoms with Gasteiger partial charge < -0.3 is 10.5 Å². The molecule has 1 aromatic heterocycles. The van der Waals surface area contributed by atoms with Crippen molar-refractivity contribution in [2.24, 2.45) is 0 Å². The normalized spacial score (nSPS) is 10.3. The van der Waals surface area contributed by atoms with Crippen LogP contribution in [0.15, 0.2) is 24.4 Å². The second-order valence-electron chi connectivity index (χ2n) is 3.61. The van der Waals surface area contributed by atoms with Crippen molar-refractivity contribution in [2.45, 2.75) is 0 Å². The second kappa shape index (κ2) is 4.97. The molecule has 2 aromatic rings. The number of anilines is 1. The first-order valence-corrected chi connectivity index (χ1v) is 5.19. The molecule has 0 atom stereocenters. The van der Waals surface area contributed by atoms with Crippen LogP contribution in [0.5, 0.6) is 0 Å². The Kier molecular flexibility index (Phi) is 3.37. The number of nitrogens with zero attached hydrogens (tertiary/aromatic N) is 2. The summed E-state index contributed by atoms with van der Waals surface area (Å²) >= 11 is 0. The summed E-state index contributed by atoms with van der Waals surface area (Å²) in [5.74, 6) is -2.30. The van der Waals surface area contributed by atoms with Gasteiger partial charge in [-0.2, -0.15) is 0 Å². The number of ether oxygens (including phenoxy) is 1. The van der Waals surface area contributed by atoms with Gasteiger partial charge in [0, 0.05) is 6.20 Å². The lowest BCUT2D eigenvalue weighted by atomic mass is 10.2. The number of aromatic nitrogens is 2. The zero-order valence-corrected chi connectivity index (χ0v) is 9.85. The number of rotatable bonds is 2. The number of methoxy groups -OCH3 is 1. The highest BCUT2D eigenvalue weighted by Gasteiger charge is 2.15. The number of carbonyl (C=O) groups is 1. The van der Waals surface area contributed by atoms with E-state index in [1.54, 1.807) is 0 Å². The number of benzene rings is 1. The monoisotopic (exact) mass is 265 g/mol. The number of hydrogen-bond acceptors (Lipinski definition) is 5. The van der Waals surface area contributed by atoms with Gasteiger partial charge in [-0.1, -0.05) is 0 Å². The van der Waals surface area contributed by atoms with Gasteiger partial charge in [0.25, 0.3) is 0 Å². The summed E-state index contributed by atoms with van der Waals surface area (Å²) in [6.07, 6.45) is 1.11. The van der Waals surface area contributed by atoms with Gasteiger partial charge in [0.1, 0.15) is 23.0 Å². The van der Waals surface area contributed by atoms with Crippen molar-refractivity contribution in [3.8, 4) is 11.4 Å². The summed E-state index contributed by atoms with van der Waals surface area (Å²) in [4.78, 5) is 18.8. The van der Waals surface area contributed by atoms with E-state index in [2.05, 4.69) is 14.7 Å². The molecule has 1 heterocycles. The molecule has 0 spiro atoms. The van der Waals surface area contributed by atoms with Crippen LogP contribution in [0.25, 0.3) is 11.4 Å². The Morgan fingerprint density at radius 1 is 1.37 bits per heavy atom. The lowest BCUT2D eigenvalue weighted by molar-refractivity contribution is 0.0601. The summed E-state index contributed by atoms with van der Waals surface area (Å²) < 4.78 is 31.1. The van der Waals surface area contributed by atoms with Gasteiger partial charge in [-0.25, -0.2) is 23.5 Å². The molecule has 0 unspecified atom stereocenters. The summed E-state index contributed by atoms with van der Waals surface area (Å²) in [7, 11) is 1.18. The van der Waals surface area contributed by atoms with E-state index >= 15 is 0 Å². The third kappa shape index (κ3) is 2.49. The molecule has 1 aromatic carbocycles. The molecule has 2 N–H and O–H groups in total. The lowest BCUT2D eigenvalue weighted by Crippen LogP contribution is -2.09. The van der Waals surface area contributed by atoms with Gasteiger partial charge in [0.05, 0.1) is 12.7 Å². The van der Waals surface area contributed by atoms with Gasteiger partial charge in [-0.15, -0.1) is 0 Å². The SMILES string of the molecule is COC(=O)c1cnc(-c2cc(F)ccc2F)nc1N. The lowest BCUT2D eigenvalue weighted by Gasteiger charge is -2.06. The van der Waals surface area contributed by atoms with Crippen LogP contribution < -0.4 is 5.73 Å². The molecule has 0 aliphatic rings. The van der Waals surface area contributed by atoms with Crippen LogP contribution in [-0.2, 0) is 4.74 Å². The Morgan fingerprint density at radius 2 is 2.11 bits per heavy atom. The molecular weight excluding hydrogens is 256 g/mol. The van der Waals surface area contributed by atoms with E-state index in [1.807, 2.05) is 0 Å². The van der Waals surface area contributed by atoms with Crippen LogP contribution in [0.1, 0.15) is 10.4 Å². The highest BCUT2D eigenvalue weighted by atomic mass is 19.1. The highest BCUT2D eigenvalue weighted by molar-refractivity contribution is 5.93. The van der Waals surface area contributed by atoms with E-state index in [-0.39, 0.29) is 22.8 Å². The van der Waals surface area contributed by atoms with E-state index in [9.17, 15) is 13.6 Å². The fourth-order valence-corrected chi connectivity index (χ4v) is 1.46. The molecule has 2 rings (SSSR count). The number of nitrogen functional groups attached to an aromatic ring is 1. The number of nitrogens with two attached hydrogens (primary N) is 1. The van der Waals surface area contributed by atoms with Crippen LogP contribution in [-0.4, -0.2) is 23.0 Å². The molecule has 0 saturated carbocycles. The minimum absolute atomic E-state index is 0.0388. The maximum absolute atomic E-state index is 13.5. The molecule has 7 heteroatoms. The summed E-state index contributed by atoms with van der Waals surface area (Å²) in [6, 6.07) is 2.88. The third-order valence-electron chi connectivity index (χ3n) is 2.39. The van der Waals surface area contributed by atoms with Crippen LogP contribution in [0, 0.1) is 11.6 Å². The fraction of sp³-hybridized carbons (Fsp3) is 0.0833. The van der Waals surface area contributed by atoms with Crippen LogP contribution >= 0.6 is 0 Å². The standard InChI is InChI=1S/C12H9F2N3O2/c1-19-12(18)8-5-16-11(17-10(8)15)7-4-6(13)2-3-9(7)14/h2-5H,1H3,(H2,15,16,17). The largest absolute Gasteiger partial charge is 0.465 e. The molecule has 0 saturated heterocycles. The summed E-state index contributed by atoms with van der Waals surface area (Å²) in [6.45, 7) is 0. The average Bonchev–Trinajstić information content (AvgIpc) is 2.40. The van der Waals surface area contributed by atoms with Crippen LogP contribution in [0.3, 0.4) is 0 Å². The van der Waals surface area contributed by atoms with Crippen molar-refractivity contribution in [1.29, 1.82) is 0 Å². The minimum Gasteiger partial charge on any atom is -0.465 e. The topological polar surface area (TPSA) is 78.1 Å². The summed E-state index contributed by atoms with van der Waals surface area (Å²) in [5.41, 5.74) is 5.38. The predicted molar refractivity (Wildman–Crippen MR) is 63.1 cm³/mol. The van der Waals surface area contributed by atoms with Gasteiger partial charge in [0.2, 0.25) is 0 Å². The minimum atomic E-state index is -0.705. The number of halogens is 2. The van der Waals surface area contributed by atoms with Crippen molar-refractivity contribution in [1.82, 2.24) is 9.97 Å². The van der Waals surface area contributed by atoms with E-state index in [1.165, 1.54) is 7.11 Å². The molecule has 19 heavy (non-hydrogen) atoms. The Hall–Kier alpha value is -2.57. The molecule has 98 valence electrons. The average molecular weight is 265 g/mol. The predicted octanol–water partition coefficient (Wildman–Crippen LogP) is 1.79. The van der Waals surface area contributed by atoms with Crippen LogP contribution in [0.4, 0.5) is 14.6 Å². The molecule has 0 amide bonds. The highest BCUT2D eigenvalue weighted by Crippen LogP contribution is 2.22. The molecule has 0 aliphatic carbocycles. The first-order chi connectivity index (χ1) is 9.02. The third-order valence-corrected chi connectivity index (χ3v) is 2.39. The molecule has 0 bridgehead atoms. The molecule has 0 fully saturated rings. The van der Waals surface area contributed by atoms with Gasteiger partial charge in [-0.05, 0) is 18.2 Å². The molecule has 5 nitrogen and oxygen atoms in total. The Labute approximate surface area is 107 Å². The van der Waals surface area contributed by atoms with Gasteiger partial charge >= 0.3 is 5.97 Å². The van der Waals surface area contributed by atoms with E-state index in [4.69, 9.17) is 5.73 Å². The van der Waals surface area contributed by atoms with Crippen molar-refractivity contribution in [3.63, 3.8) is 0 Å². The molecule has 0 radical (unpaired) electrons. The van der Waals surface area contributed by atoms with Gasteiger partial charge in [-0.3, -0.25) is 0 Å². The van der Waals surface area contributed by atoms with Crippen LogP contribution in [0.2, 0.25) is 0 Å². The van der Waals surface area contributed by atoms with E-state index in [0.29, 0.717) is 0 Å². The van der Waals surface area contributed by atoms with Crippen molar-refractivity contribution >= 4 is 11.8 Å². The quantitative estimate of drug-likeness (QED) is 0.837. The van der Waals surface area contributed by atoms with Crippen molar-refractivity contribution < 1.29 is 18.3 Å². The number of hydrogen-bond donors (Lipinski definition) is 1. The first kappa shape index (κ1) is 12.9. The maximum atomic E-state index is 13.5. The fourth-order valence-electron chi connectivity index (χ4n) is 1.46. The van der Waals surface area contributed by atoms with Crippen molar-refractivity contribution in [3.05, 3.63) is 41.6 Å². The molecular formula is C12H9F2N3O2. The zero-order valence-electron chi connectivity index (χ0n) is 9.85. The van der Waals surface area contributed by atoms with Gasteiger partial charge in [0.15, 0.2) is 5.82 Å². The Bertz CT molecular complexity index is 647. The van der Waals surface area contributed by atoms with Crippen molar-refractivity contribution in [2.75, 3.05) is 12.8 Å². The number of carbonyl (C=O) groups excluding carboxylic acids is 1. The second-order valence-corrected chi connectivity index (χ2v) is 3.61. The van der Waals surface area contributed by atoms with E-state index in [0.717, 1.165) is 24.4 Å². The maximum Gasteiger partial charge on any atom is 0.343 e. The summed E-state index contributed by atoms with van der Waals surface area (Å²) in [5, 5.41) is 0. The Balaban J connectivity index is 2.50. The first-order valence-electron chi connectivity index (χ1n) is 5.19. The smallest absolute Gasteiger partial charge is 0.343 e. The Morgan fingerprint density at radius 3 is 2.74 bits per heavy atom.